The van der Waals surface area contributed by atoms with E-state index >= 15 is 0 Å². The lowest BCUT2D eigenvalue weighted by Gasteiger charge is -2.11. The van der Waals surface area contributed by atoms with Crippen LogP contribution in [-0.2, 0) is 4.79 Å². The van der Waals surface area contributed by atoms with Crippen LogP contribution in [-0.4, -0.2) is 19.1 Å². The van der Waals surface area contributed by atoms with Gasteiger partial charge in [-0.3, -0.25) is 4.79 Å². The standard InChI is InChI=1S/C20H24BrNO3/c1-14(2)10-11-24-17-7-5-16(6-8-17)22-20(23)13-25-19-9-4-15(3)12-18(19)21/h4-9,12,14H,10-11,13H2,1-3H3,(H,22,23). The molecule has 5 heteroatoms. The SMILES string of the molecule is Cc1ccc(OCC(=O)Nc2ccc(OCCC(C)C)cc2)c(Br)c1. The van der Waals surface area contributed by atoms with E-state index in [2.05, 4.69) is 35.1 Å². The van der Waals surface area contributed by atoms with E-state index in [0.717, 1.165) is 22.2 Å². The first-order chi connectivity index (χ1) is 11.9. The maximum absolute atomic E-state index is 12.0. The highest BCUT2D eigenvalue weighted by Gasteiger charge is 2.07. The van der Waals surface area contributed by atoms with Crippen molar-refractivity contribution in [2.24, 2.45) is 5.92 Å². The highest BCUT2D eigenvalue weighted by Crippen LogP contribution is 2.25. The molecule has 4 nitrogen and oxygen atoms in total. The third kappa shape index (κ3) is 6.78. The molecule has 0 heterocycles. The fourth-order valence-corrected chi connectivity index (χ4v) is 2.72. The lowest BCUT2D eigenvalue weighted by molar-refractivity contribution is -0.118. The lowest BCUT2D eigenvalue weighted by atomic mass is 10.1. The minimum atomic E-state index is -0.207. The summed E-state index contributed by atoms with van der Waals surface area (Å²) in [4.78, 5) is 12.0. The van der Waals surface area contributed by atoms with Crippen molar-refractivity contribution in [2.75, 3.05) is 18.5 Å². The summed E-state index contributed by atoms with van der Waals surface area (Å²) in [6.45, 7) is 6.98. The summed E-state index contributed by atoms with van der Waals surface area (Å²) >= 11 is 3.43. The second-order valence-corrected chi connectivity index (χ2v) is 7.18. The van der Waals surface area contributed by atoms with E-state index in [1.54, 1.807) is 0 Å². The van der Waals surface area contributed by atoms with Crippen molar-refractivity contribution < 1.29 is 14.3 Å². The number of ether oxygens (including phenoxy) is 2. The first-order valence-electron chi connectivity index (χ1n) is 8.35. The van der Waals surface area contributed by atoms with E-state index in [1.165, 1.54) is 0 Å². The summed E-state index contributed by atoms with van der Waals surface area (Å²) in [5, 5.41) is 2.81. The average molecular weight is 406 g/mol. The van der Waals surface area contributed by atoms with Gasteiger partial charge >= 0.3 is 0 Å². The van der Waals surface area contributed by atoms with E-state index in [4.69, 9.17) is 9.47 Å². The van der Waals surface area contributed by atoms with Gasteiger partial charge in [0.1, 0.15) is 11.5 Å². The van der Waals surface area contributed by atoms with Gasteiger partial charge in [-0.15, -0.1) is 0 Å². The third-order valence-corrected chi connectivity index (χ3v) is 4.17. The van der Waals surface area contributed by atoms with Crippen LogP contribution >= 0.6 is 15.9 Å². The molecule has 0 saturated carbocycles. The van der Waals surface area contributed by atoms with E-state index in [1.807, 2.05) is 49.4 Å². The molecule has 1 amide bonds. The Bertz CT molecular complexity index is 699. The number of carbonyl (C=O) groups is 1. The van der Waals surface area contributed by atoms with Gasteiger partial charge in [-0.2, -0.15) is 0 Å². The van der Waals surface area contributed by atoms with Gasteiger partial charge < -0.3 is 14.8 Å². The van der Waals surface area contributed by atoms with Crippen LogP contribution in [0.5, 0.6) is 11.5 Å². The van der Waals surface area contributed by atoms with Gasteiger partial charge in [-0.05, 0) is 77.2 Å². The molecule has 25 heavy (non-hydrogen) atoms. The van der Waals surface area contributed by atoms with Crippen LogP contribution in [0.1, 0.15) is 25.8 Å². The van der Waals surface area contributed by atoms with E-state index in [0.29, 0.717) is 24.0 Å². The van der Waals surface area contributed by atoms with Crippen LogP contribution in [0.3, 0.4) is 0 Å². The van der Waals surface area contributed by atoms with Gasteiger partial charge in [-0.25, -0.2) is 0 Å². The number of amides is 1. The van der Waals surface area contributed by atoms with Crippen molar-refractivity contribution >= 4 is 27.5 Å². The minimum absolute atomic E-state index is 0.0473. The Kier molecular flexibility index (Phi) is 7.31. The third-order valence-electron chi connectivity index (χ3n) is 3.55. The Hall–Kier alpha value is -2.01. The zero-order chi connectivity index (χ0) is 18.2. The van der Waals surface area contributed by atoms with Crippen LogP contribution in [0.25, 0.3) is 0 Å². The Morgan fingerprint density at radius 3 is 2.48 bits per heavy atom. The largest absolute Gasteiger partial charge is 0.494 e. The zero-order valence-corrected chi connectivity index (χ0v) is 16.4. The molecule has 134 valence electrons. The maximum atomic E-state index is 12.0. The molecule has 0 aliphatic rings. The monoisotopic (exact) mass is 405 g/mol. The molecule has 0 atom stereocenters. The number of hydrogen-bond acceptors (Lipinski definition) is 3. The fourth-order valence-electron chi connectivity index (χ4n) is 2.11. The number of carbonyl (C=O) groups excluding carboxylic acids is 1. The van der Waals surface area contributed by atoms with Crippen LogP contribution in [0.15, 0.2) is 46.9 Å². The average Bonchev–Trinajstić information content (AvgIpc) is 2.55. The smallest absolute Gasteiger partial charge is 0.262 e. The van der Waals surface area contributed by atoms with Crippen molar-refractivity contribution in [2.45, 2.75) is 27.2 Å². The quantitative estimate of drug-likeness (QED) is 0.656. The van der Waals surface area contributed by atoms with Crippen molar-refractivity contribution in [1.82, 2.24) is 0 Å². The molecule has 0 spiro atoms. The van der Waals surface area contributed by atoms with Crippen LogP contribution < -0.4 is 14.8 Å². The summed E-state index contributed by atoms with van der Waals surface area (Å²) in [5.74, 6) is 1.86. The first kappa shape index (κ1) is 19.3. The molecule has 0 aromatic heterocycles. The minimum Gasteiger partial charge on any atom is -0.494 e. The van der Waals surface area contributed by atoms with Crippen molar-refractivity contribution in [3.63, 3.8) is 0 Å². The number of halogens is 1. The zero-order valence-electron chi connectivity index (χ0n) is 14.8. The normalized spacial score (nSPS) is 10.6. The number of benzene rings is 2. The number of rotatable bonds is 8. The predicted octanol–water partition coefficient (Wildman–Crippen LogP) is 5.20. The molecule has 0 bridgehead atoms. The van der Waals surface area contributed by atoms with Crippen molar-refractivity contribution in [3.05, 3.63) is 52.5 Å². The van der Waals surface area contributed by atoms with Crippen LogP contribution in [0.2, 0.25) is 0 Å². The highest BCUT2D eigenvalue weighted by molar-refractivity contribution is 9.10. The summed E-state index contributed by atoms with van der Waals surface area (Å²) in [7, 11) is 0. The summed E-state index contributed by atoms with van der Waals surface area (Å²) < 4.78 is 12.0. The Morgan fingerprint density at radius 1 is 1.12 bits per heavy atom. The molecule has 2 aromatic rings. The molecule has 2 aromatic carbocycles. The Labute approximate surface area is 157 Å². The van der Waals surface area contributed by atoms with Gasteiger partial charge in [0.15, 0.2) is 6.61 Å². The summed E-state index contributed by atoms with van der Waals surface area (Å²) in [5.41, 5.74) is 1.84. The molecule has 0 saturated heterocycles. The molecule has 0 aliphatic carbocycles. The second kappa shape index (κ2) is 9.47. The number of anilines is 1. The van der Waals surface area contributed by atoms with E-state index in [9.17, 15) is 4.79 Å². The van der Waals surface area contributed by atoms with Crippen LogP contribution in [0.4, 0.5) is 5.69 Å². The summed E-state index contributed by atoms with van der Waals surface area (Å²) in [6, 6.07) is 13.1. The van der Waals surface area contributed by atoms with Crippen LogP contribution in [0, 0.1) is 12.8 Å². The molecule has 0 unspecified atom stereocenters. The topological polar surface area (TPSA) is 47.6 Å². The number of hydrogen-bond donors (Lipinski definition) is 1. The van der Waals surface area contributed by atoms with Gasteiger partial charge in [0.2, 0.25) is 0 Å². The second-order valence-electron chi connectivity index (χ2n) is 6.33. The molecule has 1 N–H and O–H groups in total. The number of nitrogens with one attached hydrogen (secondary N) is 1. The van der Waals surface area contributed by atoms with E-state index < -0.39 is 0 Å². The van der Waals surface area contributed by atoms with E-state index in [-0.39, 0.29) is 12.5 Å². The Morgan fingerprint density at radius 2 is 1.84 bits per heavy atom. The molecule has 0 aliphatic heterocycles. The molecular weight excluding hydrogens is 382 g/mol. The number of aryl methyl sites for hydroxylation is 1. The maximum Gasteiger partial charge on any atom is 0.262 e. The van der Waals surface area contributed by atoms with Crippen molar-refractivity contribution in [3.8, 4) is 11.5 Å². The van der Waals surface area contributed by atoms with Gasteiger partial charge in [0.25, 0.3) is 5.91 Å². The predicted molar refractivity (Wildman–Crippen MR) is 104 cm³/mol. The lowest BCUT2D eigenvalue weighted by Crippen LogP contribution is -2.20. The fraction of sp³-hybridized carbons (Fsp3) is 0.350. The molecule has 0 fully saturated rings. The van der Waals surface area contributed by atoms with Gasteiger partial charge in [0, 0.05) is 5.69 Å². The van der Waals surface area contributed by atoms with Gasteiger partial charge in [-0.1, -0.05) is 19.9 Å². The van der Waals surface area contributed by atoms with Gasteiger partial charge in [0.05, 0.1) is 11.1 Å². The molecule has 0 radical (unpaired) electrons. The molecule has 2 rings (SSSR count). The molecular formula is C20H24BrNO3. The Balaban J connectivity index is 1.80. The first-order valence-corrected chi connectivity index (χ1v) is 9.15. The highest BCUT2D eigenvalue weighted by atomic mass is 79.9. The summed E-state index contributed by atoms with van der Waals surface area (Å²) in [6.07, 6.45) is 1.02. The van der Waals surface area contributed by atoms with Crippen molar-refractivity contribution in [1.29, 1.82) is 0 Å².